The third kappa shape index (κ3) is 3.38. The maximum atomic E-state index is 11.5. The molecule has 2 heterocycles. The lowest BCUT2D eigenvalue weighted by Gasteiger charge is -2.12. The summed E-state index contributed by atoms with van der Waals surface area (Å²) in [5.41, 5.74) is 4.03. The van der Waals surface area contributed by atoms with Crippen molar-refractivity contribution >= 4 is 18.4 Å². The number of hydrogen-bond donors (Lipinski definition) is 1. The molecule has 1 aromatic carbocycles. The predicted octanol–water partition coefficient (Wildman–Crippen LogP) is 4.24. The summed E-state index contributed by atoms with van der Waals surface area (Å²) in [4.78, 5) is 20.2. The zero-order valence-electron chi connectivity index (χ0n) is 12.4. The molecular formula is C18H15ClN2O2. The van der Waals surface area contributed by atoms with E-state index in [1.54, 1.807) is 25.4 Å². The zero-order chi connectivity index (χ0) is 15.5. The molecule has 0 fully saturated rings. The summed E-state index contributed by atoms with van der Waals surface area (Å²) in [6.45, 7) is 1.80. The van der Waals surface area contributed by atoms with E-state index in [4.69, 9.17) is 0 Å². The second-order valence-corrected chi connectivity index (χ2v) is 4.93. The van der Waals surface area contributed by atoms with E-state index in [0.717, 1.165) is 22.5 Å². The van der Waals surface area contributed by atoms with Crippen molar-refractivity contribution in [3.8, 4) is 22.5 Å². The maximum absolute atomic E-state index is 11.5. The lowest BCUT2D eigenvalue weighted by Crippen LogP contribution is -2.03. The molecule has 5 heteroatoms. The summed E-state index contributed by atoms with van der Waals surface area (Å²) in [7, 11) is 0. The lowest BCUT2D eigenvalue weighted by atomic mass is 9.95. The Hall–Kier alpha value is -2.72. The fourth-order valence-electron chi connectivity index (χ4n) is 2.41. The third-order valence-corrected chi connectivity index (χ3v) is 3.54. The number of benzene rings is 1. The van der Waals surface area contributed by atoms with Gasteiger partial charge in [-0.25, -0.2) is 4.79 Å². The van der Waals surface area contributed by atoms with Gasteiger partial charge >= 0.3 is 5.97 Å². The van der Waals surface area contributed by atoms with E-state index < -0.39 is 5.97 Å². The molecule has 23 heavy (non-hydrogen) atoms. The quantitative estimate of drug-likeness (QED) is 0.782. The molecule has 0 atom stereocenters. The number of pyridine rings is 2. The largest absolute Gasteiger partial charge is 0.478 e. The first-order valence-electron chi connectivity index (χ1n) is 6.87. The molecule has 0 bridgehead atoms. The summed E-state index contributed by atoms with van der Waals surface area (Å²) in [6, 6.07) is 14.8. The summed E-state index contributed by atoms with van der Waals surface area (Å²) in [5.74, 6) is -0.951. The highest BCUT2D eigenvalue weighted by molar-refractivity contribution is 5.94. The molecule has 1 N–H and O–H groups in total. The number of carboxylic acids is 1. The van der Waals surface area contributed by atoms with Crippen molar-refractivity contribution < 1.29 is 9.90 Å². The van der Waals surface area contributed by atoms with E-state index in [-0.39, 0.29) is 18.0 Å². The molecular weight excluding hydrogens is 312 g/mol. The minimum Gasteiger partial charge on any atom is -0.478 e. The van der Waals surface area contributed by atoms with E-state index in [1.807, 2.05) is 42.5 Å². The minimum absolute atomic E-state index is 0. The van der Waals surface area contributed by atoms with Crippen LogP contribution in [0.15, 0.2) is 60.9 Å². The Morgan fingerprint density at radius 3 is 2.09 bits per heavy atom. The number of halogens is 1. The molecule has 0 saturated heterocycles. The highest BCUT2D eigenvalue weighted by Crippen LogP contribution is 2.30. The molecule has 4 nitrogen and oxygen atoms in total. The number of rotatable bonds is 3. The van der Waals surface area contributed by atoms with E-state index in [0.29, 0.717) is 5.56 Å². The van der Waals surface area contributed by atoms with Gasteiger partial charge in [0.1, 0.15) is 0 Å². The molecule has 0 saturated carbocycles. The molecule has 0 spiro atoms. The van der Waals surface area contributed by atoms with Crippen LogP contribution in [0.4, 0.5) is 0 Å². The molecule has 116 valence electrons. The number of aromatic carboxylic acids is 1. The fourth-order valence-corrected chi connectivity index (χ4v) is 2.41. The van der Waals surface area contributed by atoms with Crippen molar-refractivity contribution in [1.29, 1.82) is 0 Å². The number of carboxylic acid groups (broad SMARTS) is 1. The lowest BCUT2D eigenvalue weighted by molar-refractivity contribution is 0.0696. The Bertz CT molecular complexity index is 821. The van der Waals surface area contributed by atoms with E-state index in [1.165, 1.54) is 0 Å². The van der Waals surface area contributed by atoms with Gasteiger partial charge < -0.3 is 5.11 Å². The number of nitrogens with zero attached hydrogens (tertiary/aromatic N) is 2. The van der Waals surface area contributed by atoms with E-state index >= 15 is 0 Å². The molecule has 0 radical (unpaired) electrons. The van der Waals surface area contributed by atoms with Gasteiger partial charge in [-0.3, -0.25) is 9.97 Å². The van der Waals surface area contributed by atoms with Crippen molar-refractivity contribution in [1.82, 2.24) is 9.97 Å². The van der Waals surface area contributed by atoms with Crippen LogP contribution in [-0.2, 0) is 0 Å². The maximum Gasteiger partial charge on any atom is 0.335 e. The molecule has 2 aromatic heterocycles. The van der Waals surface area contributed by atoms with Crippen LogP contribution in [-0.4, -0.2) is 21.0 Å². The van der Waals surface area contributed by atoms with Gasteiger partial charge in [-0.05, 0) is 48.9 Å². The van der Waals surface area contributed by atoms with Gasteiger partial charge in [0.2, 0.25) is 0 Å². The molecule has 3 aromatic rings. The first-order valence-corrected chi connectivity index (χ1v) is 6.87. The predicted molar refractivity (Wildman–Crippen MR) is 91.8 cm³/mol. The highest BCUT2D eigenvalue weighted by atomic mass is 35.5. The van der Waals surface area contributed by atoms with Gasteiger partial charge in [-0.15, -0.1) is 12.4 Å². The van der Waals surface area contributed by atoms with Gasteiger partial charge in [0, 0.05) is 23.5 Å². The van der Waals surface area contributed by atoms with Crippen LogP contribution in [0.25, 0.3) is 22.5 Å². The van der Waals surface area contributed by atoms with Crippen LogP contribution in [0.5, 0.6) is 0 Å². The van der Waals surface area contributed by atoms with Crippen molar-refractivity contribution in [2.45, 2.75) is 6.92 Å². The SMILES string of the molecule is Cc1c(C(=O)O)cc(-c2ccccn2)cc1-c1ccccn1.Cl. The standard InChI is InChI=1S/C18H14N2O2.ClH/c1-12-14(17-7-3-5-9-20-17)10-13(11-15(12)18(21)22)16-6-2-4-8-19-16;/h2-11H,1H3,(H,21,22);1H. The Morgan fingerprint density at radius 1 is 0.957 bits per heavy atom. The number of aromatic nitrogens is 2. The number of hydrogen-bond acceptors (Lipinski definition) is 3. The zero-order valence-corrected chi connectivity index (χ0v) is 13.2. The third-order valence-electron chi connectivity index (χ3n) is 3.54. The second kappa shape index (κ2) is 7.03. The van der Waals surface area contributed by atoms with Gasteiger partial charge in [0.25, 0.3) is 0 Å². The average molecular weight is 327 g/mol. The van der Waals surface area contributed by atoms with Crippen LogP contribution in [0.1, 0.15) is 15.9 Å². The fraction of sp³-hybridized carbons (Fsp3) is 0.0556. The Kier molecular flexibility index (Phi) is 5.09. The normalized spacial score (nSPS) is 9.96. The Balaban J connectivity index is 0.00000192. The van der Waals surface area contributed by atoms with E-state index in [9.17, 15) is 9.90 Å². The van der Waals surface area contributed by atoms with Crippen molar-refractivity contribution in [2.75, 3.05) is 0 Å². The van der Waals surface area contributed by atoms with Crippen LogP contribution in [0.2, 0.25) is 0 Å². The van der Waals surface area contributed by atoms with Crippen molar-refractivity contribution in [2.24, 2.45) is 0 Å². The molecule has 3 rings (SSSR count). The van der Waals surface area contributed by atoms with Crippen LogP contribution in [0.3, 0.4) is 0 Å². The van der Waals surface area contributed by atoms with Gasteiger partial charge in [-0.2, -0.15) is 0 Å². The van der Waals surface area contributed by atoms with Gasteiger partial charge in [0.15, 0.2) is 0 Å². The first kappa shape index (κ1) is 16.6. The molecule has 0 amide bonds. The smallest absolute Gasteiger partial charge is 0.335 e. The molecule has 0 aliphatic rings. The highest BCUT2D eigenvalue weighted by Gasteiger charge is 2.15. The second-order valence-electron chi connectivity index (χ2n) is 4.93. The minimum atomic E-state index is -0.951. The molecule has 0 aliphatic heterocycles. The van der Waals surface area contributed by atoms with Crippen molar-refractivity contribution in [3.05, 3.63) is 72.1 Å². The van der Waals surface area contributed by atoms with Crippen LogP contribution >= 0.6 is 12.4 Å². The molecule has 0 aliphatic carbocycles. The summed E-state index contributed by atoms with van der Waals surface area (Å²) >= 11 is 0. The number of carbonyl (C=O) groups is 1. The average Bonchev–Trinajstić information content (AvgIpc) is 2.56. The monoisotopic (exact) mass is 326 g/mol. The Labute approximate surface area is 140 Å². The topological polar surface area (TPSA) is 63.1 Å². The summed E-state index contributed by atoms with van der Waals surface area (Å²) in [5, 5.41) is 9.47. The van der Waals surface area contributed by atoms with Crippen LogP contribution < -0.4 is 0 Å². The van der Waals surface area contributed by atoms with Gasteiger partial charge in [-0.1, -0.05) is 12.1 Å². The Morgan fingerprint density at radius 2 is 1.57 bits per heavy atom. The van der Waals surface area contributed by atoms with Crippen molar-refractivity contribution in [3.63, 3.8) is 0 Å². The van der Waals surface area contributed by atoms with E-state index in [2.05, 4.69) is 9.97 Å². The van der Waals surface area contributed by atoms with Crippen LogP contribution in [0, 0.1) is 6.92 Å². The summed E-state index contributed by atoms with van der Waals surface area (Å²) < 4.78 is 0. The molecule has 0 unspecified atom stereocenters. The first-order chi connectivity index (χ1) is 10.7. The van der Waals surface area contributed by atoms with Gasteiger partial charge in [0.05, 0.1) is 17.0 Å². The summed E-state index contributed by atoms with van der Waals surface area (Å²) in [6.07, 6.45) is 3.39.